The maximum absolute atomic E-state index is 15.2. The minimum Gasteiger partial charge on any atom is -0.457 e. The number of ketones is 1. The van der Waals surface area contributed by atoms with Gasteiger partial charge in [-0.15, -0.1) is 0 Å². The van der Waals surface area contributed by atoms with E-state index in [9.17, 15) is 9.18 Å². The summed E-state index contributed by atoms with van der Waals surface area (Å²) in [6, 6.07) is 16.8. The number of H-pyrrole nitrogens is 1. The average Bonchev–Trinajstić information content (AvgIpc) is 3.55. The molecule has 3 N–H and O–H groups in total. The van der Waals surface area contributed by atoms with E-state index in [1.807, 2.05) is 13.0 Å². The SMILES string of the molecule is Cc1cc(Oc2cccc(F)c2)ccc1-n1ncc(C(=O)c2cc3cc(C4CCN(C(C)C)CC4)c(F)cc3[nH]2)c1N. The van der Waals surface area contributed by atoms with Crippen LogP contribution in [0.2, 0.25) is 0 Å². The molecule has 0 atom stereocenters. The number of ether oxygens (including phenoxy) is 1. The highest BCUT2D eigenvalue weighted by molar-refractivity contribution is 6.12. The molecule has 3 aromatic carbocycles. The molecule has 0 unspecified atom stereocenters. The molecule has 0 amide bonds. The van der Waals surface area contributed by atoms with Crippen molar-refractivity contribution in [3.05, 3.63) is 101 Å². The number of anilines is 1. The second-order valence-electron chi connectivity index (χ2n) is 11.2. The van der Waals surface area contributed by atoms with Gasteiger partial charge >= 0.3 is 0 Å². The van der Waals surface area contributed by atoms with Crippen LogP contribution >= 0.6 is 0 Å². The molecule has 0 bridgehead atoms. The highest BCUT2D eigenvalue weighted by Gasteiger charge is 2.26. The van der Waals surface area contributed by atoms with Crippen LogP contribution in [-0.2, 0) is 0 Å². The standard InChI is InChI=1S/C33H33F2N5O2/c1-19(2)39-11-9-21(10-12-39)26-14-22-15-30(38-29(22)17-28(26)35)32(41)27-18-37-40(33(27)36)31-8-7-25(13-20(31)3)42-24-6-4-5-23(34)16-24/h4-8,13-19,21,38H,9-12,36H2,1-3H3. The topological polar surface area (TPSA) is 89.2 Å². The Balaban J connectivity index is 1.23. The Kier molecular flexibility index (Phi) is 7.28. The van der Waals surface area contributed by atoms with E-state index in [2.05, 4.69) is 28.8 Å². The predicted molar refractivity (Wildman–Crippen MR) is 160 cm³/mol. The fourth-order valence-electron chi connectivity index (χ4n) is 5.80. The maximum Gasteiger partial charge on any atom is 0.214 e. The smallest absolute Gasteiger partial charge is 0.214 e. The molecular weight excluding hydrogens is 536 g/mol. The average molecular weight is 570 g/mol. The van der Waals surface area contributed by atoms with Gasteiger partial charge in [-0.1, -0.05) is 6.07 Å². The Morgan fingerprint density at radius 1 is 1.05 bits per heavy atom. The van der Waals surface area contributed by atoms with E-state index >= 15 is 4.39 Å². The molecule has 1 saturated heterocycles. The number of benzene rings is 3. The largest absolute Gasteiger partial charge is 0.457 e. The first-order chi connectivity index (χ1) is 20.2. The summed E-state index contributed by atoms with van der Waals surface area (Å²) < 4.78 is 36.0. The lowest BCUT2D eigenvalue weighted by Gasteiger charge is -2.34. The monoisotopic (exact) mass is 569 g/mol. The van der Waals surface area contributed by atoms with Crippen molar-refractivity contribution >= 4 is 22.5 Å². The minimum atomic E-state index is -0.384. The van der Waals surface area contributed by atoms with E-state index in [1.54, 1.807) is 36.4 Å². The predicted octanol–water partition coefficient (Wildman–Crippen LogP) is 7.13. The molecule has 42 heavy (non-hydrogen) atoms. The Morgan fingerprint density at radius 2 is 1.81 bits per heavy atom. The lowest BCUT2D eigenvalue weighted by molar-refractivity contribution is 0.103. The van der Waals surface area contributed by atoms with Gasteiger partial charge in [-0.3, -0.25) is 4.79 Å². The van der Waals surface area contributed by atoms with Crippen LogP contribution in [0.1, 0.15) is 59.8 Å². The number of nitrogen functional groups attached to an aromatic ring is 1. The second kappa shape index (κ2) is 11.1. The highest BCUT2D eigenvalue weighted by Crippen LogP contribution is 2.34. The number of carbonyl (C=O) groups is 1. The number of hydrogen-bond donors (Lipinski definition) is 2. The lowest BCUT2D eigenvalue weighted by atomic mass is 9.88. The third-order valence-corrected chi connectivity index (χ3v) is 8.16. The quantitative estimate of drug-likeness (QED) is 0.204. The van der Waals surface area contributed by atoms with Crippen LogP contribution in [0, 0.1) is 18.6 Å². The van der Waals surface area contributed by atoms with Crippen molar-refractivity contribution in [3.8, 4) is 17.2 Å². The van der Waals surface area contributed by atoms with E-state index in [-0.39, 0.29) is 34.7 Å². The number of nitrogens with one attached hydrogen (secondary N) is 1. The Labute approximate surface area is 242 Å². The molecule has 0 radical (unpaired) electrons. The number of piperidine rings is 1. The first-order valence-electron chi connectivity index (χ1n) is 14.2. The summed E-state index contributed by atoms with van der Waals surface area (Å²) in [6.45, 7) is 8.13. The summed E-state index contributed by atoms with van der Waals surface area (Å²) in [5, 5.41) is 5.17. The van der Waals surface area contributed by atoms with Crippen LogP contribution in [0.3, 0.4) is 0 Å². The van der Waals surface area contributed by atoms with Gasteiger partial charge in [-0.2, -0.15) is 5.10 Å². The summed E-state index contributed by atoms with van der Waals surface area (Å²) in [5.74, 6) is 0.287. The summed E-state index contributed by atoms with van der Waals surface area (Å²) in [6.07, 6.45) is 3.25. The molecule has 1 aliphatic rings. The van der Waals surface area contributed by atoms with Gasteiger partial charge in [0.25, 0.3) is 0 Å². The normalized spacial score (nSPS) is 14.6. The molecule has 1 fully saturated rings. The number of rotatable bonds is 7. The van der Waals surface area contributed by atoms with Crippen molar-refractivity contribution in [1.82, 2.24) is 19.7 Å². The zero-order chi connectivity index (χ0) is 29.5. The number of aromatic nitrogens is 3. The van der Waals surface area contributed by atoms with Crippen molar-refractivity contribution in [1.29, 1.82) is 0 Å². The first kappa shape index (κ1) is 27.7. The third kappa shape index (κ3) is 5.27. The molecule has 216 valence electrons. The van der Waals surface area contributed by atoms with Crippen molar-refractivity contribution in [3.63, 3.8) is 0 Å². The summed E-state index contributed by atoms with van der Waals surface area (Å²) in [7, 11) is 0. The number of fused-ring (bicyclic) bond motifs is 1. The number of likely N-dealkylation sites (tertiary alicyclic amines) is 1. The fourth-order valence-corrected chi connectivity index (χ4v) is 5.80. The van der Waals surface area contributed by atoms with Gasteiger partial charge in [0.1, 0.15) is 29.0 Å². The zero-order valence-corrected chi connectivity index (χ0v) is 23.8. The van der Waals surface area contributed by atoms with Gasteiger partial charge in [0.2, 0.25) is 5.78 Å². The Bertz CT molecular complexity index is 1780. The third-order valence-electron chi connectivity index (χ3n) is 8.16. The molecule has 6 rings (SSSR count). The van der Waals surface area contributed by atoms with Crippen LogP contribution in [-0.4, -0.2) is 44.6 Å². The minimum absolute atomic E-state index is 0.154. The molecule has 0 saturated carbocycles. The summed E-state index contributed by atoms with van der Waals surface area (Å²) in [4.78, 5) is 19.0. The maximum atomic E-state index is 15.2. The number of aromatic amines is 1. The van der Waals surface area contributed by atoms with E-state index < -0.39 is 0 Å². The van der Waals surface area contributed by atoms with E-state index in [4.69, 9.17) is 10.5 Å². The molecular formula is C33H33F2N5O2. The lowest BCUT2D eigenvalue weighted by Crippen LogP contribution is -2.37. The van der Waals surface area contributed by atoms with E-state index in [0.29, 0.717) is 40.0 Å². The molecule has 1 aliphatic heterocycles. The van der Waals surface area contributed by atoms with Crippen molar-refractivity contribution < 1.29 is 18.3 Å². The van der Waals surface area contributed by atoms with Crippen molar-refractivity contribution in [2.45, 2.75) is 45.6 Å². The number of carbonyl (C=O) groups excluding carboxylic acids is 1. The van der Waals surface area contributed by atoms with Crippen LogP contribution in [0.15, 0.2) is 66.9 Å². The van der Waals surface area contributed by atoms with E-state index in [1.165, 1.54) is 29.1 Å². The number of nitrogens with zero attached hydrogens (tertiary/aromatic N) is 3. The highest BCUT2D eigenvalue weighted by atomic mass is 19.1. The Morgan fingerprint density at radius 3 is 2.52 bits per heavy atom. The van der Waals surface area contributed by atoms with Gasteiger partial charge in [0, 0.05) is 23.0 Å². The van der Waals surface area contributed by atoms with Crippen LogP contribution < -0.4 is 10.5 Å². The molecule has 5 aromatic rings. The van der Waals surface area contributed by atoms with Crippen LogP contribution in [0.25, 0.3) is 16.6 Å². The molecule has 2 aromatic heterocycles. The van der Waals surface area contributed by atoms with Gasteiger partial charge in [0.15, 0.2) is 0 Å². The van der Waals surface area contributed by atoms with Crippen LogP contribution in [0.5, 0.6) is 11.5 Å². The van der Waals surface area contributed by atoms with Crippen molar-refractivity contribution in [2.75, 3.05) is 18.8 Å². The first-order valence-corrected chi connectivity index (χ1v) is 14.2. The number of nitrogens with two attached hydrogens (primary N) is 1. The van der Waals surface area contributed by atoms with Crippen molar-refractivity contribution in [2.24, 2.45) is 0 Å². The fraction of sp³-hybridized carbons (Fsp3) is 0.273. The van der Waals surface area contributed by atoms with Gasteiger partial charge in [0.05, 0.1) is 23.1 Å². The van der Waals surface area contributed by atoms with Gasteiger partial charge in [-0.25, -0.2) is 13.5 Å². The summed E-state index contributed by atoms with van der Waals surface area (Å²) >= 11 is 0. The molecule has 9 heteroatoms. The number of halogens is 2. The second-order valence-corrected chi connectivity index (χ2v) is 11.2. The zero-order valence-electron chi connectivity index (χ0n) is 23.8. The van der Waals surface area contributed by atoms with Crippen LogP contribution in [0.4, 0.5) is 14.6 Å². The number of hydrogen-bond acceptors (Lipinski definition) is 5. The molecule has 7 nitrogen and oxygen atoms in total. The molecule has 3 heterocycles. The summed E-state index contributed by atoms with van der Waals surface area (Å²) in [5.41, 5.74) is 9.72. The van der Waals surface area contributed by atoms with Gasteiger partial charge < -0.3 is 20.4 Å². The molecule has 0 spiro atoms. The van der Waals surface area contributed by atoms with E-state index in [0.717, 1.165) is 36.9 Å². The number of aryl methyl sites for hydroxylation is 1. The Hall–Kier alpha value is -4.50. The molecule has 0 aliphatic carbocycles. The van der Waals surface area contributed by atoms with Gasteiger partial charge in [-0.05, 0) is 112 Å².